The zero-order chi connectivity index (χ0) is 17.8. The van der Waals surface area contributed by atoms with Gasteiger partial charge in [0.15, 0.2) is 11.6 Å². The van der Waals surface area contributed by atoms with Gasteiger partial charge >= 0.3 is 0 Å². The number of rotatable bonds is 7. The van der Waals surface area contributed by atoms with Gasteiger partial charge in [-0.05, 0) is 20.4 Å². The molecule has 2 aromatic heterocycles. The monoisotopic (exact) mass is 348 g/mol. The van der Waals surface area contributed by atoms with Gasteiger partial charge in [0.2, 0.25) is 11.8 Å². The molecule has 3 rings (SSSR count). The Hall–Kier alpha value is -2.26. The highest BCUT2D eigenvalue weighted by molar-refractivity contribution is 5.91. The molecule has 0 aliphatic carbocycles. The van der Waals surface area contributed by atoms with E-state index in [9.17, 15) is 4.79 Å². The number of hydrogen-bond donors (Lipinski definition) is 1. The van der Waals surface area contributed by atoms with Gasteiger partial charge in [-0.3, -0.25) is 14.6 Å². The molecule has 3 heterocycles. The van der Waals surface area contributed by atoms with Gasteiger partial charge in [-0.25, -0.2) is 0 Å². The molecule has 1 fully saturated rings. The maximum Gasteiger partial charge on any atom is 0.239 e. The van der Waals surface area contributed by atoms with Crippen molar-refractivity contribution < 1.29 is 13.8 Å². The predicted molar refractivity (Wildman–Crippen MR) is 89.9 cm³/mol. The molecule has 0 aromatic carbocycles. The Morgan fingerprint density at radius 3 is 2.96 bits per heavy atom. The first-order valence-corrected chi connectivity index (χ1v) is 8.50. The molecule has 1 N–H and O–H groups in total. The highest BCUT2D eigenvalue weighted by Gasteiger charge is 2.27. The van der Waals surface area contributed by atoms with Gasteiger partial charge in [0.25, 0.3) is 0 Å². The van der Waals surface area contributed by atoms with E-state index >= 15 is 0 Å². The number of anilines is 1. The normalized spacial score (nSPS) is 18.2. The first-order valence-electron chi connectivity index (χ1n) is 8.50. The van der Waals surface area contributed by atoms with Crippen molar-refractivity contribution in [3.05, 3.63) is 23.5 Å². The lowest BCUT2D eigenvalue weighted by molar-refractivity contribution is -0.117. The highest BCUT2D eigenvalue weighted by Crippen LogP contribution is 2.16. The van der Waals surface area contributed by atoms with E-state index in [0.717, 1.165) is 25.9 Å². The molecular weight excluding hydrogens is 324 g/mol. The molecule has 1 atom stereocenters. The molecule has 2 aromatic rings. The van der Waals surface area contributed by atoms with Crippen LogP contribution in [0.3, 0.4) is 0 Å². The minimum absolute atomic E-state index is 0.0811. The second-order valence-electron chi connectivity index (χ2n) is 6.42. The van der Waals surface area contributed by atoms with E-state index in [0.29, 0.717) is 42.4 Å². The standard InChI is InChI=1S/C16H24N6O3/c1-4-16-18-14(20-25-16)9-21(3)12-5-6-22(8-12)10-15(23)17-13-7-11(2)24-19-13/h7,12H,4-6,8-10H2,1-3H3,(H,17,19,23). The Bertz CT molecular complexity index is 712. The summed E-state index contributed by atoms with van der Waals surface area (Å²) in [6.07, 6.45) is 1.75. The molecule has 0 spiro atoms. The number of carbonyl (C=O) groups excluding carboxylic acids is 1. The number of amides is 1. The van der Waals surface area contributed by atoms with Crippen molar-refractivity contribution in [2.45, 2.75) is 39.3 Å². The fourth-order valence-electron chi connectivity index (χ4n) is 2.98. The van der Waals surface area contributed by atoms with Crippen LogP contribution in [-0.4, -0.2) is 63.7 Å². The molecule has 0 radical (unpaired) electrons. The van der Waals surface area contributed by atoms with Crippen LogP contribution in [-0.2, 0) is 17.8 Å². The van der Waals surface area contributed by atoms with E-state index in [-0.39, 0.29) is 5.91 Å². The van der Waals surface area contributed by atoms with E-state index in [1.54, 1.807) is 13.0 Å². The van der Waals surface area contributed by atoms with Crippen LogP contribution < -0.4 is 5.32 Å². The van der Waals surface area contributed by atoms with Crippen LogP contribution in [0.15, 0.2) is 15.1 Å². The number of carbonyl (C=O) groups is 1. The van der Waals surface area contributed by atoms with Crippen molar-refractivity contribution in [1.82, 2.24) is 25.1 Å². The minimum Gasteiger partial charge on any atom is -0.360 e. The lowest BCUT2D eigenvalue weighted by Gasteiger charge is -2.23. The molecular formula is C16H24N6O3. The van der Waals surface area contributed by atoms with Crippen molar-refractivity contribution in [3.63, 3.8) is 0 Å². The maximum absolute atomic E-state index is 12.1. The molecule has 1 amide bonds. The van der Waals surface area contributed by atoms with E-state index in [1.807, 2.05) is 14.0 Å². The summed E-state index contributed by atoms with van der Waals surface area (Å²) in [6.45, 7) is 6.48. The lowest BCUT2D eigenvalue weighted by atomic mass is 10.2. The van der Waals surface area contributed by atoms with Crippen LogP contribution in [0.4, 0.5) is 5.82 Å². The Labute approximate surface area is 146 Å². The van der Waals surface area contributed by atoms with Gasteiger partial charge in [-0.15, -0.1) is 0 Å². The highest BCUT2D eigenvalue weighted by atomic mass is 16.5. The molecule has 0 bridgehead atoms. The molecule has 9 heteroatoms. The van der Waals surface area contributed by atoms with Gasteiger partial charge in [-0.1, -0.05) is 17.2 Å². The molecule has 0 saturated carbocycles. The van der Waals surface area contributed by atoms with Crippen molar-refractivity contribution in [3.8, 4) is 0 Å². The topological polar surface area (TPSA) is 101 Å². The third kappa shape index (κ3) is 4.64. The summed E-state index contributed by atoms with van der Waals surface area (Å²) < 4.78 is 10.1. The van der Waals surface area contributed by atoms with Crippen molar-refractivity contribution in [2.24, 2.45) is 0 Å². The summed E-state index contributed by atoms with van der Waals surface area (Å²) in [4.78, 5) is 20.8. The third-order valence-corrected chi connectivity index (χ3v) is 4.34. The third-order valence-electron chi connectivity index (χ3n) is 4.34. The van der Waals surface area contributed by atoms with E-state index in [1.165, 1.54) is 0 Å². The number of aryl methyl sites for hydroxylation is 2. The Morgan fingerprint density at radius 1 is 1.44 bits per heavy atom. The zero-order valence-corrected chi connectivity index (χ0v) is 14.9. The van der Waals surface area contributed by atoms with Gasteiger partial charge in [-0.2, -0.15) is 4.98 Å². The average Bonchev–Trinajstić information content (AvgIpc) is 3.29. The lowest BCUT2D eigenvalue weighted by Crippen LogP contribution is -2.37. The van der Waals surface area contributed by atoms with Gasteiger partial charge < -0.3 is 14.4 Å². The number of nitrogens with one attached hydrogen (secondary N) is 1. The molecule has 1 aliphatic heterocycles. The first kappa shape index (κ1) is 17.6. The van der Waals surface area contributed by atoms with Crippen molar-refractivity contribution in [2.75, 3.05) is 32.0 Å². The second kappa shape index (κ2) is 7.75. The number of likely N-dealkylation sites (tertiary alicyclic amines) is 1. The Balaban J connectivity index is 1.45. The summed E-state index contributed by atoms with van der Waals surface area (Å²) in [5, 5.41) is 10.5. The fourth-order valence-corrected chi connectivity index (χ4v) is 2.98. The number of likely N-dealkylation sites (N-methyl/N-ethyl adjacent to an activating group) is 1. The van der Waals surface area contributed by atoms with Gasteiger partial charge in [0.1, 0.15) is 5.76 Å². The van der Waals surface area contributed by atoms with Gasteiger partial charge in [0, 0.05) is 31.6 Å². The van der Waals surface area contributed by atoms with E-state index in [2.05, 4.69) is 30.4 Å². The smallest absolute Gasteiger partial charge is 0.239 e. The van der Waals surface area contributed by atoms with Crippen molar-refractivity contribution in [1.29, 1.82) is 0 Å². The summed E-state index contributed by atoms with van der Waals surface area (Å²) in [5.41, 5.74) is 0. The molecule has 136 valence electrons. The number of aromatic nitrogens is 3. The Morgan fingerprint density at radius 2 is 2.28 bits per heavy atom. The van der Waals surface area contributed by atoms with Crippen LogP contribution in [0.2, 0.25) is 0 Å². The Kier molecular flexibility index (Phi) is 5.44. The van der Waals surface area contributed by atoms with E-state index < -0.39 is 0 Å². The summed E-state index contributed by atoms with van der Waals surface area (Å²) >= 11 is 0. The largest absolute Gasteiger partial charge is 0.360 e. The van der Waals surface area contributed by atoms with Crippen LogP contribution in [0.5, 0.6) is 0 Å². The van der Waals surface area contributed by atoms with Crippen LogP contribution in [0.1, 0.15) is 30.8 Å². The molecule has 1 aliphatic rings. The zero-order valence-electron chi connectivity index (χ0n) is 14.9. The predicted octanol–water partition coefficient (Wildman–Crippen LogP) is 1.07. The molecule has 1 unspecified atom stereocenters. The van der Waals surface area contributed by atoms with Crippen molar-refractivity contribution >= 4 is 11.7 Å². The van der Waals surface area contributed by atoms with Crippen LogP contribution >= 0.6 is 0 Å². The summed E-state index contributed by atoms with van der Waals surface area (Å²) in [6, 6.07) is 2.07. The fraction of sp³-hybridized carbons (Fsp3) is 0.625. The van der Waals surface area contributed by atoms with Gasteiger partial charge in [0.05, 0.1) is 13.1 Å². The SMILES string of the molecule is CCc1nc(CN(C)C2CCN(CC(=O)Nc3cc(C)on3)C2)no1. The second-order valence-corrected chi connectivity index (χ2v) is 6.42. The first-order chi connectivity index (χ1) is 12.0. The molecule has 25 heavy (non-hydrogen) atoms. The molecule has 1 saturated heterocycles. The summed E-state index contributed by atoms with van der Waals surface area (Å²) in [5.74, 6) is 2.42. The average molecular weight is 348 g/mol. The van der Waals surface area contributed by atoms with Crippen LogP contribution in [0.25, 0.3) is 0 Å². The number of hydrogen-bond acceptors (Lipinski definition) is 8. The van der Waals surface area contributed by atoms with E-state index in [4.69, 9.17) is 9.05 Å². The maximum atomic E-state index is 12.1. The van der Waals surface area contributed by atoms with Crippen LogP contribution in [0, 0.1) is 6.92 Å². The quantitative estimate of drug-likeness (QED) is 0.793. The minimum atomic E-state index is -0.0811. The number of nitrogens with zero attached hydrogens (tertiary/aromatic N) is 5. The molecule has 9 nitrogen and oxygen atoms in total. The summed E-state index contributed by atoms with van der Waals surface area (Å²) in [7, 11) is 2.05.